The maximum atomic E-state index is 10.8. The SMILES string of the molecule is CCC(C(OC(C)=O)C(C)C)[N+](=O)[O-]. The maximum absolute atomic E-state index is 10.8. The molecule has 0 spiro atoms. The van der Waals surface area contributed by atoms with E-state index in [0.717, 1.165) is 0 Å². The Hall–Kier alpha value is -1.13. The largest absolute Gasteiger partial charge is 0.455 e. The lowest BCUT2D eigenvalue weighted by Crippen LogP contribution is -2.40. The first kappa shape index (κ1) is 12.9. The fourth-order valence-corrected chi connectivity index (χ4v) is 1.35. The van der Waals surface area contributed by atoms with Gasteiger partial charge in [-0.15, -0.1) is 0 Å². The van der Waals surface area contributed by atoms with Crippen molar-refractivity contribution in [1.82, 2.24) is 0 Å². The summed E-state index contributed by atoms with van der Waals surface area (Å²) in [7, 11) is 0. The molecule has 0 aliphatic rings. The monoisotopic (exact) mass is 203 g/mol. The molecule has 2 unspecified atom stereocenters. The average Bonchev–Trinajstić information content (AvgIpc) is 2.02. The van der Waals surface area contributed by atoms with Gasteiger partial charge in [0.2, 0.25) is 6.04 Å². The lowest BCUT2D eigenvalue weighted by molar-refractivity contribution is -0.536. The van der Waals surface area contributed by atoms with Crippen LogP contribution in [-0.4, -0.2) is 23.0 Å². The second kappa shape index (κ2) is 5.57. The fourth-order valence-electron chi connectivity index (χ4n) is 1.35. The van der Waals surface area contributed by atoms with Gasteiger partial charge in [0.05, 0.1) is 0 Å². The van der Waals surface area contributed by atoms with E-state index in [-0.39, 0.29) is 10.8 Å². The third-order valence-electron chi connectivity index (χ3n) is 2.03. The van der Waals surface area contributed by atoms with Crippen LogP contribution in [0, 0.1) is 16.0 Å². The summed E-state index contributed by atoms with van der Waals surface area (Å²) in [6.07, 6.45) is -0.268. The van der Waals surface area contributed by atoms with Crippen molar-refractivity contribution in [3.8, 4) is 0 Å². The summed E-state index contributed by atoms with van der Waals surface area (Å²) < 4.78 is 4.95. The standard InChI is InChI=1S/C9H17NO4/c1-5-8(10(12)13)9(6(2)3)14-7(4)11/h6,8-9H,5H2,1-4H3. The van der Waals surface area contributed by atoms with Crippen molar-refractivity contribution in [2.75, 3.05) is 0 Å². The molecule has 5 heteroatoms. The van der Waals surface area contributed by atoms with Crippen molar-refractivity contribution < 1.29 is 14.5 Å². The van der Waals surface area contributed by atoms with Crippen molar-refractivity contribution >= 4 is 5.97 Å². The van der Waals surface area contributed by atoms with Crippen molar-refractivity contribution in [1.29, 1.82) is 0 Å². The van der Waals surface area contributed by atoms with Crippen LogP contribution in [0.15, 0.2) is 0 Å². The second-order valence-electron chi connectivity index (χ2n) is 3.58. The number of hydrogen-bond acceptors (Lipinski definition) is 4. The number of carbonyl (C=O) groups is 1. The molecule has 0 aliphatic heterocycles. The van der Waals surface area contributed by atoms with Crippen LogP contribution in [0.1, 0.15) is 34.1 Å². The summed E-state index contributed by atoms with van der Waals surface area (Å²) in [6, 6.07) is -0.807. The Morgan fingerprint density at radius 3 is 2.21 bits per heavy atom. The number of rotatable bonds is 5. The highest BCUT2D eigenvalue weighted by Crippen LogP contribution is 2.16. The Labute approximate surface area is 83.6 Å². The first-order valence-electron chi connectivity index (χ1n) is 4.70. The van der Waals surface area contributed by atoms with Gasteiger partial charge in [-0.1, -0.05) is 20.8 Å². The Balaban J connectivity index is 4.60. The van der Waals surface area contributed by atoms with Gasteiger partial charge in [0.1, 0.15) is 0 Å². The summed E-state index contributed by atoms with van der Waals surface area (Å²) in [5.74, 6) is -0.516. The molecular formula is C9H17NO4. The number of nitrogens with zero attached hydrogens (tertiary/aromatic N) is 1. The molecular weight excluding hydrogens is 186 g/mol. The first-order valence-corrected chi connectivity index (χ1v) is 4.70. The van der Waals surface area contributed by atoms with Crippen LogP contribution in [0.3, 0.4) is 0 Å². The van der Waals surface area contributed by atoms with Crippen molar-refractivity contribution in [2.24, 2.45) is 5.92 Å². The quantitative estimate of drug-likeness (QED) is 0.387. The van der Waals surface area contributed by atoms with E-state index in [4.69, 9.17) is 4.74 Å². The molecule has 2 atom stereocenters. The highest BCUT2D eigenvalue weighted by Gasteiger charge is 2.34. The summed E-state index contributed by atoms with van der Waals surface area (Å²) >= 11 is 0. The van der Waals surface area contributed by atoms with Crippen molar-refractivity contribution in [3.05, 3.63) is 10.1 Å². The van der Waals surface area contributed by atoms with Gasteiger partial charge >= 0.3 is 5.97 Å². The van der Waals surface area contributed by atoms with Crippen LogP contribution in [0.5, 0.6) is 0 Å². The lowest BCUT2D eigenvalue weighted by Gasteiger charge is -2.22. The number of esters is 1. The second-order valence-corrected chi connectivity index (χ2v) is 3.58. The molecule has 0 amide bonds. The van der Waals surface area contributed by atoms with Crippen LogP contribution in [-0.2, 0) is 9.53 Å². The molecule has 0 fully saturated rings. The number of ether oxygens (including phenoxy) is 1. The van der Waals surface area contributed by atoms with E-state index < -0.39 is 18.1 Å². The topological polar surface area (TPSA) is 69.4 Å². The van der Waals surface area contributed by atoms with Crippen LogP contribution < -0.4 is 0 Å². The summed E-state index contributed by atoms with van der Waals surface area (Å²) in [4.78, 5) is 21.0. The molecule has 82 valence electrons. The molecule has 0 radical (unpaired) electrons. The highest BCUT2D eigenvalue weighted by atomic mass is 16.6. The molecule has 0 rings (SSSR count). The van der Waals surface area contributed by atoms with E-state index in [1.165, 1.54) is 6.92 Å². The van der Waals surface area contributed by atoms with Gasteiger partial charge in [0, 0.05) is 18.3 Å². The van der Waals surface area contributed by atoms with Gasteiger partial charge in [0.25, 0.3) is 0 Å². The minimum absolute atomic E-state index is 0.0470. The lowest BCUT2D eigenvalue weighted by atomic mass is 9.98. The third-order valence-corrected chi connectivity index (χ3v) is 2.03. The van der Waals surface area contributed by atoms with Gasteiger partial charge in [-0.05, 0) is 5.92 Å². The average molecular weight is 203 g/mol. The van der Waals surface area contributed by atoms with Crippen LogP contribution in [0.4, 0.5) is 0 Å². The van der Waals surface area contributed by atoms with Gasteiger partial charge in [-0.3, -0.25) is 14.9 Å². The summed E-state index contributed by atoms with van der Waals surface area (Å²) in [5, 5.41) is 10.7. The van der Waals surface area contributed by atoms with E-state index in [0.29, 0.717) is 6.42 Å². The van der Waals surface area contributed by atoms with E-state index in [1.54, 1.807) is 20.8 Å². The molecule has 0 aromatic heterocycles. The van der Waals surface area contributed by atoms with E-state index >= 15 is 0 Å². The number of hydrogen-bond donors (Lipinski definition) is 0. The molecule has 0 saturated heterocycles. The first-order chi connectivity index (χ1) is 6.40. The number of nitro groups is 1. The third kappa shape index (κ3) is 3.72. The zero-order chi connectivity index (χ0) is 11.3. The van der Waals surface area contributed by atoms with Crippen molar-refractivity contribution in [3.63, 3.8) is 0 Å². The minimum Gasteiger partial charge on any atom is -0.455 e. The van der Waals surface area contributed by atoms with Crippen molar-refractivity contribution in [2.45, 2.75) is 46.3 Å². The molecule has 0 saturated carbocycles. The summed E-state index contributed by atoms with van der Waals surface area (Å²) in [5.41, 5.74) is 0. The Kier molecular flexibility index (Phi) is 5.12. The summed E-state index contributed by atoms with van der Waals surface area (Å²) in [6.45, 7) is 6.59. The van der Waals surface area contributed by atoms with Crippen LogP contribution in [0.25, 0.3) is 0 Å². The van der Waals surface area contributed by atoms with Gasteiger partial charge in [0.15, 0.2) is 6.10 Å². The van der Waals surface area contributed by atoms with Gasteiger partial charge in [-0.2, -0.15) is 0 Å². The molecule has 0 N–H and O–H groups in total. The molecule has 14 heavy (non-hydrogen) atoms. The predicted molar refractivity (Wildman–Crippen MR) is 51.5 cm³/mol. The molecule has 0 heterocycles. The highest BCUT2D eigenvalue weighted by molar-refractivity contribution is 5.66. The normalized spacial score (nSPS) is 14.9. The Morgan fingerprint density at radius 1 is 1.50 bits per heavy atom. The molecule has 0 bridgehead atoms. The fraction of sp³-hybridized carbons (Fsp3) is 0.889. The van der Waals surface area contributed by atoms with Gasteiger partial charge < -0.3 is 4.74 Å². The predicted octanol–water partition coefficient (Wildman–Crippen LogP) is 1.63. The molecule has 5 nitrogen and oxygen atoms in total. The maximum Gasteiger partial charge on any atom is 0.303 e. The Bertz CT molecular complexity index is 215. The van der Waals surface area contributed by atoms with Crippen LogP contribution in [0.2, 0.25) is 0 Å². The zero-order valence-electron chi connectivity index (χ0n) is 9.02. The molecule has 0 aromatic rings. The van der Waals surface area contributed by atoms with E-state index in [9.17, 15) is 14.9 Å². The van der Waals surface area contributed by atoms with E-state index in [2.05, 4.69) is 0 Å². The Morgan fingerprint density at radius 2 is 2.00 bits per heavy atom. The van der Waals surface area contributed by atoms with Crippen LogP contribution >= 0.6 is 0 Å². The molecule has 0 aromatic carbocycles. The minimum atomic E-state index is -0.807. The smallest absolute Gasteiger partial charge is 0.303 e. The van der Waals surface area contributed by atoms with E-state index in [1.807, 2.05) is 0 Å². The number of carbonyl (C=O) groups excluding carboxylic acids is 1. The van der Waals surface area contributed by atoms with Gasteiger partial charge in [-0.25, -0.2) is 0 Å². The zero-order valence-corrected chi connectivity index (χ0v) is 9.02. The molecule has 0 aliphatic carbocycles.